The number of H-pyrrole nitrogens is 1. The molecule has 0 spiro atoms. The molecular formula is C17H16N2O. The largest absolute Gasteiger partial charge is 0.494 e. The van der Waals surface area contributed by atoms with Crippen LogP contribution in [0.4, 0.5) is 5.69 Å². The molecule has 1 heterocycles. The molecule has 0 saturated heterocycles. The molecule has 0 saturated carbocycles. The highest BCUT2D eigenvalue weighted by Gasteiger charge is 2.07. The predicted octanol–water partition coefficient (Wildman–Crippen LogP) is 4.19. The number of fused-ring (bicyclic) bond motifs is 1. The fourth-order valence-corrected chi connectivity index (χ4v) is 2.24. The molecule has 1 aromatic heterocycles. The Labute approximate surface area is 117 Å². The number of hydrogen-bond donors (Lipinski definition) is 2. The van der Waals surface area contributed by atoms with E-state index in [9.17, 15) is 5.11 Å². The van der Waals surface area contributed by atoms with E-state index in [0.29, 0.717) is 0 Å². The van der Waals surface area contributed by atoms with Gasteiger partial charge in [-0.05, 0) is 30.2 Å². The Morgan fingerprint density at radius 3 is 2.60 bits per heavy atom. The number of aryl methyl sites for hydroxylation is 1. The molecule has 3 heteroatoms. The average molecular weight is 264 g/mol. The van der Waals surface area contributed by atoms with Crippen molar-refractivity contribution in [2.24, 2.45) is 4.99 Å². The van der Waals surface area contributed by atoms with Crippen molar-refractivity contribution in [1.29, 1.82) is 0 Å². The summed E-state index contributed by atoms with van der Waals surface area (Å²) in [6.07, 6.45) is 2.72. The van der Waals surface area contributed by atoms with Crippen molar-refractivity contribution in [3.8, 4) is 5.88 Å². The van der Waals surface area contributed by atoms with Gasteiger partial charge >= 0.3 is 0 Å². The SMILES string of the molecule is CCc1ccc(N=Cc2c(O)[nH]c3ccccc23)cc1. The van der Waals surface area contributed by atoms with Crippen LogP contribution >= 0.6 is 0 Å². The molecule has 0 atom stereocenters. The molecule has 2 N–H and O–H groups in total. The van der Waals surface area contributed by atoms with Gasteiger partial charge in [-0.2, -0.15) is 0 Å². The predicted molar refractivity (Wildman–Crippen MR) is 83.0 cm³/mol. The normalized spacial score (nSPS) is 11.4. The van der Waals surface area contributed by atoms with Gasteiger partial charge in [0, 0.05) is 17.1 Å². The lowest BCUT2D eigenvalue weighted by Crippen LogP contribution is -1.80. The molecule has 0 amide bonds. The Balaban J connectivity index is 1.95. The van der Waals surface area contributed by atoms with Crippen LogP contribution < -0.4 is 0 Å². The zero-order chi connectivity index (χ0) is 13.9. The van der Waals surface area contributed by atoms with Gasteiger partial charge in [0.2, 0.25) is 0 Å². The van der Waals surface area contributed by atoms with E-state index in [2.05, 4.69) is 29.0 Å². The second-order valence-corrected chi connectivity index (χ2v) is 4.71. The maximum atomic E-state index is 9.95. The van der Waals surface area contributed by atoms with Gasteiger partial charge in [0.05, 0.1) is 11.3 Å². The molecule has 3 aromatic rings. The Hall–Kier alpha value is -2.55. The number of nitrogens with one attached hydrogen (secondary N) is 1. The molecule has 0 radical (unpaired) electrons. The lowest BCUT2D eigenvalue weighted by atomic mass is 10.1. The summed E-state index contributed by atoms with van der Waals surface area (Å²) in [6, 6.07) is 15.9. The van der Waals surface area contributed by atoms with Crippen LogP contribution in [0, 0.1) is 0 Å². The van der Waals surface area contributed by atoms with Crippen molar-refractivity contribution in [1.82, 2.24) is 4.98 Å². The summed E-state index contributed by atoms with van der Waals surface area (Å²) in [6.45, 7) is 2.13. The van der Waals surface area contributed by atoms with Crippen molar-refractivity contribution in [3.63, 3.8) is 0 Å². The van der Waals surface area contributed by atoms with Crippen LogP contribution in [-0.4, -0.2) is 16.3 Å². The quantitative estimate of drug-likeness (QED) is 0.685. The van der Waals surface area contributed by atoms with Crippen LogP contribution in [-0.2, 0) is 6.42 Å². The van der Waals surface area contributed by atoms with Gasteiger partial charge in [-0.15, -0.1) is 0 Å². The topological polar surface area (TPSA) is 48.4 Å². The van der Waals surface area contributed by atoms with Crippen molar-refractivity contribution in [2.45, 2.75) is 13.3 Å². The number of para-hydroxylation sites is 1. The Morgan fingerprint density at radius 2 is 1.85 bits per heavy atom. The van der Waals surface area contributed by atoms with E-state index in [1.54, 1.807) is 6.21 Å². The molecular weight excluding hydrogens is 248 g/mol. The summed E-state index contributed by atoms with van der Waals surface area (Å²) in [5, 5.41) is 10.9. The number of rotatable bonds is 3. The lowest BCUT2D eigenvalue weighted by molar-refractivity contribution is 0.457. The first-order valence-corrected chi connectivity index (χ1v) is 6.70. The molecule has 3 rings (SSSR count). The number of aromatic hydroxyl groups is 1. The van der Waals surface area contributed by atoms with E-state index in [-0.39, 0.29) is 5.88 Å². The maximum Gasteiger partial charge on any atom is 0.198 e. The van der Waals surface area contributed by atoms with Crippen LogP contribution in [0.25, 0.3) is 10.9 Å². The first-order chi connectivity index (χ1) is 9.78. The van der Waals surface area contributed by atoms with Crippen molar-refractivity contribution in [3.05, 3.63) is 59.7 Å². The highest BCUT2D eigenvalue weighted by molar-refractivity contribution is 6.02. The zero-order valence-electron chi connectivity index (χ0n) is 11.3. The van der Waals surface area contributed by atoms with Gasteiger partial charge in [0.15, 0.2) is 5.88 Å². The monoisotopic (exact) mass is 264 g/mol. The summed E-state index contributed by atoms with van der Waals surface area (Å²) in [7, 11) is 0. The van der Waals surface area contributed by atoms with Gasteiger partial charge in [0.25, 0.3) is 0 Å². The van der Waals surface area contributed by atoms with E-state index in [4.69, 9.17) is 0 Å². The molecule has 100 valence electrons. The molecule has 0 bridgehead atoms. The number of hydrogen-bond acceptors (Lipinski definition) is 2. The molecule has 20 heavy (non-hydrogen) atoms. The third kappa shape index (κ3) is 2.30. The van der Waals surface area contributed by atoms with E-state index >= 15 is 0 Å². The number of aromatic nitrogens is 1. The van der Waals surface area contributed by atoms with Crippen LogP contribution in [0.5, 0.6) is 5.88 Å². The van der Waals surface area contributed by atoms with E-state index in [1.807, 2.05) is 36.4 Å². The highest BCUT2D eigenvalue weighted by Crippen LogP contribution is 2.26. The van der Waals surface area contributed by atoms with E-state index in [1.165, 1.54) is 5.56 Å². The minimum Gasteiger partial charge on any atom is -0.494 e. The second kappa shape index (κ2) is 5.21. The van der Waals surface area contributed by atoms with Gasteiger partial charge in [0.1, 0.15) is 0 Å². The van der Waals surface area contributed by atoms with Crippen LogP contribution in [0.3, 0.4) is 0 Å². The van der Waals surface area contributed by atoms with Crippen LogP contribution in [0.15, 0.2) is 53.5 Å². The molecule has 0 unspecified atom stereocenters. The summed E-state index contributed by atoms with van der Waals surface area (Å²) < 4.78 is 0. The van der Waals surface area contributed by atoms with Gasteiger partial charge < -0.3 is 10.1 Å². The van der Waals surface area contributed by atoms with Gasteiger partial charge in [-0.25, -0.2) is 0 Å². The second-order valence-electron chi connectivity index (χ2n) is 4.71. The maximum absolute atomic E-state index is 9.95. The Bertz CT molecular complexity index is 754. The van der Waals surface area contributed by atoms with Crippen molar-refractivity contribution < 1.29 is 5.11 Å². The summed E-state index contributed by atoms with van der Waals surface area (Å²) >= 11 is 0. The standard InChI is InChI=1S/C17H16N2O/c1-2-12-7-9-13(10-8-12)18-11-15-14-5-3-4-6-16(14)19-17(15)20/h3-11,19-20H,2H2,1H3. The van der Waals surface area contributed by atoms with Crippen molar-refractivity contribution >= 4 is 22.8 Å². The minimum absolute atomic E-state index is 0.153. The number of benzene rings is 2. The molecule has 0 aliphatic rings. The van der Waals surface area contributed by atoms with E-state index < -0.39 is 0 Å². The summed E-state index contributed by atoms with van der Waals surface area (Å²) in [5.41, 5.74) is 3.80. The average Bonchev–Trinajstić information content (AvgIpc) is 2.81. The van der Waals surface area contributed by atoms with Crippen LogP contribution in [0.2, 0.25) is 0 Å². The summed E-state index contributed by atoms with van der Waals surface area (Å²) in [5.74, 6) is 0.153. The third-order valence-electron chi connectivity index (χ3n) is 3.41. The zero-order valence-corrected chi connectivity index (χ0v) is 11.3. The Morgan fingerprint density at radius 1 is 1.10 bits per heavy atom. The number of nitrogens with zero attached hydrogens (tertiary/aromatic N) is 1. The highest BCUT2D eigenvalue weighted by atomic mass is 16.3. The lowest BCUT2D eigenvalue weighted by Gasteiger charge is -1.97. The van der Waals surface area contributed by atoms with E-state index in [0.717, 1.165) is 28.6 Å². The number of aliphatic imine (C=N–C) groups is 1. The molecule has 0 aliphatic heterocycles. The third-order valence-corrected chi connectivity index (χ3v) is 3.41. The molecule has 0 aliphatic carbocycles. The number of aromatic amines is 1. The molecule has 0 fully saturated rings. The van der Waals surface area contributed by atoms with Gasteiger partial charge in [-0.1, -0.05) is 37.3 Å². The molecule has 2 aromatic carbocycles. The Kier molecular flexibility index (Phi) is 3.25. The fourth-order valence-electron chi connectivity index (χ4n) is 2.24. The first-order valence-electron chi connectivity index (χ1n) is 6.70. The fraction of sp³-hybridized carbons (Fsp3) is 0.118. The first kappa shape index (κ1) is 12.5. The van der Waals surface area contributed by atoms with Crippen molar-refractivity contribution in [2.75, 3.05) is 0 Å². The smallest absolute Gasteiger partial charge is 0.198 e. The molecule has 3 nitrogen and oxygen atoms in total. The van der Waals surface area contributed by atoms with Gasteiger partial charge in [-0.3, -0.25) is 4.99 Å². The summed E-state index contributed by atoms with van der Waals surface area (Å²) in [4.78, 5) is 7.38. The minimum atomic E-state index is 0.153. The van der Waals surface area contributed by atoms with Crippen LogP contribution in [0.1, 0.15) is 18.1 Å².